The zero-order valence-electron chi connectivity index (χ0n) is 21.9. The molecule has 3 aromatic carbocycles. The number of carbonyl (C=O) groups is 1. The van der Waals surface area contributed by atoms with Crippen LogP contribution in [-0.4, -0.2) is 21.1 Å². The van der Waals surface area contributed by atoms with Gasteiger partial charge in [-0.1, -0.05) is 79.7 Å². The van der Waals surface area contributed by atoms with Gasteiger partial charge in [0.25, 0.3) is 0 Å². The molecule has 0 aromatic heterocycles. The first-order valence-corrected chi connectivity index (χ1v) is 12.5. The average Bonchev–Trinajstić information content (AvgIpc) is 2.90. The molecule has 184 valence electrons. The van der Waals surface area contributed by atoms with Crippen LogP contribution in [0.2, 0.25) is 0 Å². The number of ketones is 1. The lowest BCUT2D eigenvalue weighted by atomic mass is 9.61. The fraction of sp³-hybridized carbons (Fsp3) is 0.367. The van der Waals surface area contributed by atoms with Gasteiger partial charge in [-0.3, -0.25) is 4.79 Å². The van der Waals surface area contributed by atoms with Crippen molar-refractivity contribution in [2.75, 3.05) is 0 Å². The summed E-state index contributed by atoms with van der Waals surface area (Å²) in [5.74, 6) is 0.248. The molecule has 1 spiro atoms. The Labute approximate surface area is 204 Å². The normalized spacial score (nSPS) is 13.6. The number of carbonyl (C=O) groups excluding carboxylic acids is 1. The van der Waals surface area contributed by atoms with E-state index < -0.39 is 5.41 Å². The minimum Gasteiger partial charge on any atom is -0.508 e. The minimum absolute atomic E-state index is 0.0825. The number of phenolic OH excluding ortho intramolecular Hbond substituents is 3. The maximum atomic E-state index is 13.1. The molecule has 5 rings (SSSR count). The van der Waals surface area contributed by atoms with Gasteiger partial charge < -0.3 is 15.3 Å². The van der Waals surface area contributed by atoms with Crippen LogP contribution in [0, 0.1) is 0 Å². The van der Waals surface area contributed by atoms with E-state index in [0.29, 0.717) is 24.0 Å². The maximum absolute atomic E-state index is 13.1. The summed E-state index contributed by atoms with van der Waals surface area (Å²) in [5.41, 5.74) is 1.99. The minimum atomic E-state index is -0.944. The van der Waals surface area contributed by atoms with E-state index >= 15 is 0 Å². The second kappa shape index (κ2) is 12.8. The van der Waals surface area contributed by atoms with Gasteiger partial charge in [-0.2, -0.15) is 0 Å². The van der Waals surface area contributed by atoms with Crippen molar-refractivity contribution >= 4 is 22.6 Å². The number of hydrogen-bond donors (Lipinski definition) is 3. The summed E-state index contributed by atoms with van der Waals surface area (Å²) in [7, 11) is 0. The summed E-state index contributed by atoms with van der Waals surface area (Å²) in [6.07, 6.45) is 3.96. The third-order valence-electron chi connectivity index (χ3n) is 5.75. The quantitative estimate of drug-likeness (QED) is 0.319. The Morgan fingerprint density at radius 3 is 1.68 bits per heavy atom. The lowest BCUT2D eigenvalue weighted by molar-refractivity contribution is -0.120. The topological polar surface area (TPSA) is 77.8 Å². The van der Waals surface area contributed by atoms with Crippen molar-refractivity contribution < 1.29 is 20.1 Å². The fourth-order valence-corrected chi connectivity index (χ4v) is 4.50. The van der Waals surface area contributed by atoms with Gasteiger partial charge in [0.05, 0.1) is 5.41 Å². The summed E-state index contributed by atoms with van der Waals surface area (Å²) in [5, 5.41) is 32.8. The van der Waals surface area contributed by atoms with Gasteiger partial charge in [0, 0.05) is 11.1 Å². The number of allylic oxidation sites excluding steroid dienone is 1. The van der Waals surface area contributed by atoms with Crippen molar-refractivity contribution in [3.05, 3.63) is 70.8 Å². The highest BCUT2D eigenvalue weighted by Gasteiger charge is 2.46. The van der Waals surface area contributed by atoms with Gasteiger partial charge >= 0.3 is 0 Å². The van der Waals surface area contributed by atoms with Crippen molar-refractivity contribution in [3.63, 3.8) is 0 Å². The zero-order chi connectivity index (χ0) is 26.1. The molecule has 0 saturated carbocycles. The van der Waals surface area contributed by atoms with Crippen molar-refractivity contribution in [1.29, 1.82) is 0 Å². The molecule has 2 aliphatic rings. The molecule has 3 aromatic rings. The average molecular weight is 465 g/mol. The molecule has 0 unspecified atom stereocenters. The van der Waals surface area contributed by atoms with Gasteiger partial charge in [0.15, 0.2) is 5.78 Å². The van der Waals surface area contributed by atoms with Crippen LogP contribution in [0.5, 0.6) is 17.2 Å². The third kappa shape index (κ3) is 4.96. The Hall–Kier alpha value is -3.27. The summed E-state index contributed by atoms with van der Waals surface area (Å²) in [6, 6.07) is 11.9. The Morgan fingerprint density at radius 1 is 0.676 bits per heavy atom. The Balaban J connectivity index is 0.000000659. The van der Waals surface area contributed by atoms with Gasteiger partial charge in [-0.05, 0) is 65.1 Å². The van der Waals surface area contributed by atoms with Gasteiger partial charge in [0.1, 0.15) is 17.2 Å². The summed E-state index contributed by atoms with van der Waals surface area (Å²) < 4.78 is 0. The van der Waals surface area contributed by atoms with Crippen LogP contribution >= 0.6 is 0 Å². The Bertz CT molecular complexity index is 1100. The van der Waals surface area contributed by atoms with Crippen LogP contribution in [0.3, 0.4) is 0 Å². The number of hydrogen-bond acceptors (Lipinski definition) is 4. The molecule has 0 radical (unpaired) electrons. The highest BCUT2D eigenvalue weighted by atomic mass is 16.3. The predicted octanol–water partition coefficient (Wildman–Crippen LogP) is 7.69. The van der Waals surface area contributed by atoms with Crippen LogP contribution in [0.25, 0.3) is 16.8 Å². The summed E-state index contributed by atoms with van der Waals surface area (Å²) in [6.45, 7) is 16.0. The molecule has 3 N–H and O–H groups in total. The number of benzene rings is 3. The van der Waals surface area contributed by atoms with Crippen LogP contribution < -0.4 is 0 Å². The van der Waals surface area contributed by atoms with Crippen LogP contribution in [0.15, 0.2) is 48.5 Å². The predicted molar refractivity (Wildman–Crippen MR) is 144 cm³/mol. The molecule has 0 saturated heterocycles. The van der Waals surface area contributed by atoms with Crippen molar-refractivity contribution in [1.82, 2.24) is 0 Å². The van der Waals surface area contributed by atoms with Crippen LogP contribution in [0.1, 0.15) is 77.6 Å². The first-order chi connectivity index (χ1) is 16.5. The highest BCUT2D eigenvalue weighted by Crippen LogP contribution is 2.49. The molecule has 0 atom stereocenters. The number of phenols is 3. The standard InChI is InChI=1S/C22H16O4.4C2H6/c23-14-5-1-12-4-8-20(26)22(17(12)9-14)10-15-18(24)6-2-13-3-7-19(25)16(11-22)21(13)15;4*1-2/h1-9,23-25H,10-11H2;4*1-2H3. The molecule has 4 nitrogen and oxygen atoms in total. The molecule has 4 heteroatoms. The molecule has 34 heavy (non-hydrogen) atoms. The molecule has 0 fully saturated rings. The zero-order valence-corrected chi connectivity index (χ0v) is 21.9. The second-order valence-corrected chi connectivity index (χ2v) is 7.13. The number of rotatable bonds is 0. The van der Waals surface area contributed by atoms with Gasteiger partial charge in [-0.25, -0.2) is 0 Å². The van der Waals surface area contributed by atoms with Crippen molar-refractivity contribution in [3.8, 4) is 17.2 Å². The molecular formula is C30H40O4. The maximum Gasteiger partial charge on any atom is 0.166 e. The van der Waals surface area contributed by atoms with Crippen molar-refractivity contribution in [2.45, 2.75) is 73.6 Å². The highest BCUT2D eigenvalue weighted by molar-refractivity contribution is 6.07. The molecular weight excluding hydrogens is 424 g/mol. The van der Waals surface area contributed by atoms with Gasteiger partial charge in [-0.15, -0.1) is 0 Å². The number of fused-ring (bicyclic) bond motifs is 2. The van der Waals surface area contributed by atoms with Crippen molar-refractivity contribution in [2.24, 2.45) is 0 Å². The SMILES string of the molecule is CC.CC.CC.CC.O=C1C=Cc2ccc(O)cc2C12Cc1c(O)ccc3ccc(O)c(c13)C2. The van der Waals surface area contributed by atoms with Crippen LogP contribution in [-0.2, 0) is 23.1 Å². The van der Waals surface area contributed by atoms with E-state index in [0.717, 1.165) is 21.9 Å². The summed E-state index contributed by atoms with van der Waals surface area (Å²) >= 11 is 0. The molecule has 0 amide bonds. The van der Waals surface area contributed by atoms with E-state index in [1.807, 2.05) is 67.5 Å². The second-order valence-electron chi connectivity index (χ2n) is 7.13. The Morgan fingerprint density at radius 2 is 1.18 bits per heavy atom. The molecule has 0 aliphatic heterocycles. The lowest BCUT2D eigenvalue weighted by Gasteiger charge is -2.39. The molecule has 0 bridgehead atoms. The molecule has 2 aliphatic carbocycles. The largest absolute Gasteiger partial charge is 0.508 e. The first-order valence-electron chi connectivity index (χ1n) is 12.5. The van der Waals surface area contributed by atoms with E-state index in [-0.39, 0.29) is 23.0 Å². The van der Waals surface area contributed by atoms with E-state index in [4.69, 9.17) is 0 Å². The fourth-order valence-electron chi connectivity index (χ4n) is 4.50. The van der Waals surface area contributed by atoms with E-state index in [9.17, 15) is 20.1 Å². The van der Waals surface area contributed by atoms with E-state index in [1.165, 1.54) is 0 Å². The third-order valence-corrected chi connectivity index (χ3v) is 5.75. The smallest absolute Gasteiger partial charge is 0.166 e. The summed E-state index contributed by atoms with van der Waals surface area (Å²) in [4.78, 5) is 13.1. The number of aromatic hydroxyl groups is 3. The van der Waals surface area contributed by atoms with Gasteiger partial charge in [0.2, 0.25) is 0 Å². The van der Waals surface area contributed by atoms with E-state index in [2.05, 4.69) is 0 Å². The van der Waals surface area contributed by atoms with E-state index in [1.54, 1.807) is 42.5 Å². The monoisotopic (exact) mass is 464 g/mol. The van der Waals surface area contributed by atoms with Crippen LogP contribution in [0.4, 0.5) is 0 Å². The Kier molecular flexibility index (Phi) is 10.9. The molecule has 0 heterocycles. The lowest BCUT2D eigenvalue weighted by Crippen LogP contribution is -2.43. The first kappa shape index (κ1) is 28.8.